The number of fused-ring (bicyclic) bond motifs is 5. The molecule has 2 heterocycles. The number of nitriles is 1. The predicted molar refractivity (Wildman–Crippen MR) is 236 cm³/mol. The molecule has 0 aliphatic heterocycles. The molecule has 0 N–H and O–H groups in total. The van der Waals surface area contributed by atoms with E-state index < -0.39 is 0 Å². The van der Waals surface area contributed by atoms with Gasteiger partial charge in [0.1, 0.15) is 0 Å². The van der Waals surface area contributed by atoms with Crippen molar-refractivity contribution >= 4 is 16.5 Å². The van der Waals surface area contributed by atoms with E-state index >= 15 is 0 Å². The first-order valence-electron chi connectivity index (χ1n) is 19.5. The van der Waals surface area contributed by atoms with Crippen LogP contribution in [0.1, 0.15) is 30.5 Å². The molecule has 0 atom stereocenters. The van der Waals surface area contributed by atoms with Crippen LogP contribution in [0.4, 0.5) is 5.69 Å². The normalized spacial score (nSPS) is 12.3. The van der Waals surface area contributed by atoms with E-state index in [1.165, 1.54) is 11.1 Å². The Morgan fingerprint density at radius 1 is 0.525 bits per heavy atom. The van der Waals surface area contributed by atoms with Gasteiger partial charge in [-0.05, 0) is 103 Å². The van der Waals surface area contributed by atoms with E-state index in [2.05, 4.69) is 115 Å². The minimum Gasteiger partial charge on any atom is -0.264 e. The lowest BCUT2D eigenvalue weighted by atomic mass is 9.81. The number of hydrogen-bond acceptors (Lipinski definition) is 5. The second-order valence-electron chi connectivity index (χ2n) is 15.3. The first kappa shape index (κ1) is 35.4. The minimum absolute atomic E-state index is 0.338. The molecule has 1 aliphatic carbocycles. The minimum atomic E-state index is -0.338. The lowest BCUT2D eigenvalue weighted by Gasteiger charge is -2.22. The van der Waals surface area contributed by atoms with Crippen molar-refractivity contribution in [3.05, 3.63) is 198 Å². The van der Waals surface area contributed by atoms with Crippen LogP contribution in [0.15, 0.2) is 170 Å². The van der Waals surface area contributed by atoms with Crippen LogP contribution in [-0.2, 0) is 5.41 Å². The largest absolute Gasteiger partial charge is 0.264 e. The van der Waals surface area contributed by atoms with Crippen LogP contribution < -0.4 is 0 Å². The number of rotatable bonds is 6. The molecule has 7 aromatic carbocycles. The monoisotopic (exact) mass is 754 g/mol. The summed E-state index contributed by atoms with van der Waals surface area (Å²) in [5.41, 5.74) is 14.1. The van der Waals surface area contributed by atoms with Crippen molar-refractivity contribution < 1.29 is 0 Å². The van der Waals surface area contributed by atoms with Gasteiger partial charge in [-0.3, -0.25) is 4.98 Å². The summed E-state index contributed by atoms with van der Waals surface area (Å²) in [5, 5.41) is 11.5. The maximum Gasteiger partial charge on any atom is 0.196 e. The van der Waals surface area contributed by atoms with Crippen LogP contribution in [0, 0.1) is 17.9 Å². The van der Waals surface area contributed by atoms with Gasteiger partial charge in [0.2, 0.25) is 0 Å². The fourth-order valence-corrected chi connectivity index (χ4v) is 8.42. The molecule has 1 aliphatic rings. The summed E-state index contributed by atoms with van der Waals surface area (Å²) in [6, 6.07) is 55.9. The Morgan fingerprint density at radius 3 is 1.76 bits per heavy atom. The number of benzene rings is 7. The Hall–Kier alpha value is -8.06. The molecule has 0 fully saturated rings. The van der Waals surface area contributed by atoms with E-state index in [-0.39, 0.29) is 5.41 Å². The Labute approximate surface area is 342 Å². The fourth-order valence-electron chi connectivity index (χ4n) is 8.42. The lowest BCUT2D eigenvalue weighted by Crippen LogP contribution is -2.15. The van der Waals surface area contributed by atoms with Gasteiger partial charge in [0.25, 0.3) is 0 Å². The maximum atomic E-state index is 9.68. The summed E-state index contributed by atoms with van der Waals surface area (Å²) in [4.78, 5) is 23.6. The predicted octanol–water partition coefficient (Wildman–Crippen LogP) is 13.2. The second-order valence-corrected chi connectivity index (χ2v) is 15.3. The number of aromatic nitrogens is 4. The first-order valence-corrected chi connectivity index (χ1v) is 19.5. The highest BCUT2D eigenvalue weighted by Gasteiger charge is 2.37. The van der Waals surface area contributed by atoms with E-state index in [1.54, 1.807) is 12.3 Å². The SMILES string of the molecule is [C-]#[N+]c1cc(C#N)cc2ccc3c(c12)-c1ccc(-c2cc(-c4cccnc4)cc(-c4nc(-c5ccccc5)nc(-c5ccc(-c6ccccc6)cc5)n4)c2)cc1C3(C)C. The molecule has 10 rings (SSSR count). The van der Waals surface area contributed by atoms with Gasteiger partial charge in [0.05, 0.1) is 12.6 Å². The molecule has 2 aromatic heterocycles. The summed E-state index contributed by atoms with van der Waals surface area (Å²) in [7, 11) is 0. The van der Waals surface area contributed by atoms with Crippen molar-refractivity contribution in [2.75, 3.05) is 0 Å². The third kappa shape index (κ3) is 6.21. The van der Waals surface area contributed by atoms with Gasteiger partial charge >= 0.3 is 0 Å². The summed E-state index contributed by atoms with van der Waals surface area (Å²) < 4.78 is 0. The molecule has 0 saturated carbocycles. The van der Waals surface area contributed by atoms with E-state index in [4.69, 9.17) is 21.5 Å². The fraction of sp³-hybridized carbons (Fsp3) is 0.0566. The quantitative estimate of drug-likeness (QED) is 0.158. The molecule has 0 radical (unpaired) electrons. The van der Waals surface area contributed by atoms with Crippen LogP contribution in [0.2, 0.25) is 0 Å². The summed E-state index contributed by atoms with van der Waals surface area (Å²) in [5.74, 6) is 1.75. The topological polar surface area (TPSA) is 79.7 Å². The Morgan fingerprint density at radius 2 is 1.10 bits per heavy atom. The van der Waals surface area contributed by atoms with Crippen LogP contribution in [0.3, 0.4) is 0 Å². The van der Waals surface area contributed by atoms with E-state index in [0.29, 0.717) is 28.7 Å². The van der Waals surface area contributed by atoms with Crippen molar-refractivity contribution in [3.63, 3.8) is 0 Å². The average molecular weight is 755 g/mol. The standard InChI is InChI=1S/C53H34N6/c1-53(2)45-23-21-39-25-33(31-54)26-47(55-3)48(39)49(45)44-22-20-38(30-46(44)53)41-27-42(40-15-10-24-56-32-40)29-43(28-41)52-58-50(36-13-8-5-9-14-36)57-51(59-52)37-18-16-35(17-19-37)34-11-6-4-7-12-34/h4-30,32H,1-2H3. The van der Waals surface area contributed by atoms with Gasteiger partial charge in [-0.15, -0.1) is 0 Å². The van der Waals surface area contributed by atoms with Crippen molar-refractivity contribution in [2.24, 2.45) is 0 Å². The lowest BCUT2D eigenvalue weighted by molar-refractivity contribution is 0.661. The van der Waals surface area contributed by atoms with E-state index in [1.807, 2.05) is 72.9 Å². The van der Waals surface area contributed by atoms with Crippen molar-refractivity contribution in [3.8, 4) is 84.7 Å². The third-order valence-corrected chi connectivity index (χ3v) is 11.4. The zero-order chi connectivity index (χ0) is 40.1. The van der Waals surface area contributed by atoms with Crippen LogP contribution >= 0.6 is 0 Å². The smallest absolute Gasteiger partial charge is 0.196 e. The highest BCUT2D eigenvalue weighted by atomic mass is 15.0. The molecular weight excluding hydrogens is 721 g/mol. The van der Waals surface area contributed by atoms with Crippen molar-refractivity contribution in [1.29, 1.82) is 5.26 Å². The molecule has 0 saturated heterocycles. The van der Waals surface area contributed by atoms with Gasteiger partial charge in [0.15, 0.2) is 23.2 Å². The maximum absolute atomic E-state index is 9.68. The van der Waals surface area contributed by atoms with Gasteiger partial charge in [-0.25, -0.2) is 19.8 Å². The highest BCUT2D eigenvalue weighted by molar-refractivity contribution is 6.10. The summed E-state index contributed by atoms with van der Waals surface area (Å²) in [6.45, 7) is 12.5. The molecule has 59 heavy (non-hydrogen) atoms. The molecule has 6 heteroatoms. The number of pyridine rings is 1. The summed E-state index contributed by atoms with van der Waals surface area (Å²) >= 11 is 0. The molecule has 0 amide bonds. The van der Waals surface area contributed by atoms with Crippen molar-refractivity contribution in [1.82, 2.24) is 19.9 Å². The molecule has 276 valence electrons. The number of hydrogen-bond donors (Lipinski definition) is 0. The Balaban J connectivity index is 1.14. The Bertz CT molecular complexity index is 3180. The molecule has 9 aromatic rings. The van der Waals surface area contributed by atoms with Gasteiger partial charge in [-0.2, -0.15) is 5.26 Å². The van der Waals surface area contributed by atoms with Gasteiger partial charge in [0, 0.05) is 45.6 Å². The summed E-state index contributed by atoms with van der Waals surface area (Å²) in [6.07, 6.45) is 3.66. The molecule has 0 bridgehead atoms. The van der Waals surface area contributed by atoms with E-state index in [0.717, 1.165) is 72.0 Å². The zero-order valence-electron chi connectivity index (χ0n) is 32.3. The zero-order valence-corrected chi connectivity index (χ0v) is 32.3. The van der Waals surface area contributed by atoms with Gasteiger partial charge in [-0.1, -0.05) is 129 Å². The van der Waals surface area contributed by atoms with Crippen LogP contribution in [-0.4, -0.2) is 19.9 Å². The van der Waals surface area contributed by atoms with Crippen LogP contribution in [0.5, 0.6) is 0 Å². The van der Waals surface area contributed by atoms with Crippen LogP contribution in [0.25, 0.3) is 94.3 Å². The second kappa shape index (κ2) is 14.2. The molecule has 6 nitrogen and oxygen atoms in total. The first-order chi connectivity index (χ1) is 28.9. The molecule has 0 spiro atoms. The molecular formula is C53H34N6. The van der Waals surface area contributed by atoms with E-state index in [9.17, 15) is 5.26 Å². The van der Waals surface area contributed by atoms with Crippen molar-refractivity contribution in [2.45, 2.75) is 19.3 Å². The highest BCUT2D eigenvalue weighted by Crippen LogP contribution is 2.54. The Kier molecular flexibility index (Phi) is 8.48. The average Bonchev–Trinajstić information content (AvgIpc) is 3.54. The molecule has 0 unspecified atom stereocenters. The van der Waals surface area contributed by atoms with Gasteiger partial charge < -0.3 is 0 Å². The third-order valence-electron chi connectivity index (χ3n) is 11.4. The number of nitrogens with zero attached hydrogens (tertiary/aromatic N) is 6.